The van der Waals surface area contributed by atoms with Crippen LogP contribution in [0.25, 0.3) is 0 Å². The highest BCUT2D eigenvalue weighted by molar-refractivity contribution is 5.95. The van der Waals surface area contributed by atoms with Gasteiger partial charge in [0.1, 0.15) is 0 Å². The van der Waals surface area contributed by atoms with Crippen LogP contribution in [0.1, 0.15) is 22.3 Å². The number of rotatable bonds is 8. The number of nitrogens with zero attached hydrogens (tertiary/aromatic N) is 1. The zero-order valence-corrected chi connectivity index (χ0v) is 15.8. The van der Waals surface area contributed by atoms with Gasteiger partial charge >= 0.3 is 0 Å². The molecule has 1 N–H and O–H groups in total. The first kappa shape index (κ1) is 19.4. The van der Waals surface area contributed by atoms with Gasteiger partial charge in [0.2, 0.25) is 5.91 Å². The monoisotopic (exact) mass is 372 g/mol. The average molecular weight is 372 g/mol. The predicted octanol–water partition coefficient (Wildman–Crippen LogP) is 4.08. The number of nitrogens with one attached hydrogen (secondary N) is 1. The molecule has 0 aliphatic heterocycles. The predicted molar refractivity (Wildman–Crippen MR) is 112 cm³/mol. The molecular weight excluding hydrogens is 348 g/mol. The molecular formula is C24H24N2O2. The first-order chi connectivity index (χ1) is 13.7. The number of carbonyl (C=O) groups is 2. The molecule has 0 bridgehead atoms. The number of para-hydroxylation sites is 1. The lowest BCUT2D eigenvalue weighted by atomic mass is 10.1. The normalized spacial score (nSPS) is 10.3. The third-order valence-electron chi connectivity index (χ3n) is 4.45. The van der Waals surface area contributed by atoms with Crippen LogP contribution < -0.4 is 10.2 Å². The second kappa shape index (κ2) is 10.1. The molecule has 0 radical (unpaired) electrons. The van der Waals surface area contributed by atoms with Crippen LogP contribution in [0.5, 0.6) is 0 Å². The molecule has 0 aliphatic carbocycles. The van der Waals surface area contributed by atoms with E-state index in [0.717, 1.165) is 11.3 Å². The van der Waals surface area contributed by atoms with Crippen molar-refractivity contribution in [2.45, 2.75) is 12.8 Å². The van der Waals surface area contributed by atoms with Crippen molar-refractivity contribution in [1.82, 2.24) is 5.32 Å². The number of hydrogen-bond acceptors (Lipinski definition) is 2. The zero-order chi connectivity index (χ0) is 19.6. The van der Waals surface area contributed by atoms with Gasteiger partial charge in [-0.05, 0) is 36.2 Å². The van der Waals surface area contributed by atoms with Crippen molar-refractivity contribution in [2.24, 2.45) is 0 Å². The van der Waals surface area contributed by atoms with E-state index in [2.05, 4.69) is 5.32 Å². The second-order valence-electron chi connectivity index (χ2n) is 6.52. The van der Waals surface area contributed by atoms with Crippen molar-refractivity contribution in [1.29, 1.82) is 0 Å². The molecule has 0 saturated carbocycles. The fraction of sp³-hybridized carbons (Fsp3) is 0.167. The van der Waals surface area contributed by atoms with Crippen molar-refractivity contribution in [2.75, 3.05) is 18.0 Å². The van der Waals surface area contributed by atoms with E-state index in [-0.39, 0.29) is 11.8 Å². The molecule has 0 spiro atoms. The number of carbonyl (C=O) groups excluding carboxylic acids is 2. The summed E-state index contributed by atoms with van der Waals surface area (Å²) in [5, 5.41) is 2.92. The van der Waals surface area contributed by atoms with Crippen LogP contribution in [0, 0.1) is 0 Å². The highest BCUT2D eigenvalue weighted by Crippen LogP contribution is 2.16. The molecule has 0 atom stereocenters. The van der Waals surface area contributed by atoms with Gasteiger partial charge in [0, 0.05) is 24.3 Å². The SMILES string of the molecule is O=C(NCCCN(C(=O)Cc1ccccc1)c1ccccc1)c1ccccc1. The van der Waals surface area contributed by atoms with Gasteiger partial charge in [-0.25, -0.2) is 0 Å². The molecule has 0 fully saturated rings. The van der Waals surface area contributed by atoms with Crippen molar-refractivity contribution < 1.29 is 9.59 Å². The average Bonchev–Trinajstić information content (AvgIpc) is 2.75. The summed E-state index contributed by atoms with van der Waals surface area (Å²) in [5.41, 5.74) is 2.51. The molecule has 0 aliphatic rings. The fourth-order valence-electron chi connectivity index (χ4n) is 3.00. The van der Waals surface area contributed by atoms with E-state index in [4.69, 9.17) is 0 Å². The van der Waals surface area contributed by atoms with Gasteiger partial charge < -0.3 is 10.2 Å². The Hall–Kier alpha value is -3.40. The van der Waals surface area contributed by atoms with Gasteiger partial charge in [0.25, 0.3) is 5.91 Å². The quantitative estimate of drug-likeness (QED) is 0.606. The van der Waals surface area contributed by atoms with Crippen LogP contribution >= 0.6 is 0 Å². The van der Waals surface area contributed by atoms with Gasteiger partial charge in [-0.1, -0.05) is 66.7 Å². The maximum Gasteiger partial charge on any atom is 0.251 e. The summed E-state index contributed by atoms with van der Waals surface area (Å²) in [4.78, 5) is 26.8. The van der Waals surface area contributed by atoms with Gasteiger partial charge in [-0.15, -0.1) is 0 Å². The molecule has 142 valence electrons. The summed E-state index contributed by atoms with van der Waals surface area (Å²) in [5.74, 6) is -0.0470. The lowest BCUT2D eigenvalue weighted by Crippen LogP contribution is -2.35. The molecule has 4 heteroatoms. The van der Waals surface area contributed by atoms with Crippen molar-refractivity contribution in [3.8, 4) is 0 Å². The highest BCUT2D eigenvalue weighted by atomic mass is 16.2. The summed E-state index contributed by atoms with van der Waals surface area (Å²) < 4.78 is 0. The van der Waals surface area contributed by atoms with E-state index < -0.39 is 0 Å². The Balaban J connectivity index is 1.58. The van der Waals surface area contributed by atoms with Crippen molar-refractivity contribution >= 4 is 17.5 Å². The minimum atomic E-state index is -0.0949. The minimum absolute atomic E-state index is 0.0479. The molecule has 3 rings (SSSR count). The molecule has 4 nitrogen and oxygen atoms in total. The molecule has 0 aromatic heterocycles. The number of hydrogen-bond donors (Lipinski definition) is 1. The largest absolute Gasteiger partial charge is 0.352 e. The number of anilines is 1. The molecule has 28 heavy (non-hydrogen) atoms. The van der Waals surface area contributed by atoms with Gasteiger partial charge in [0.15, 0.2) is 0 Å². The van der Waals surface area contributed by atoms with Crippen LogP contribution in [-0.4, -0.2) is 24.9 Å². The smallest absolute Gasteiger partial charge is 0.251 e. The van der Waals surface area contributed by atoms with E-state index in [1.54, 1.807) is 17.0 Å². The Morgan fingerprint density at radius 3 is 1.96 bits per heavy atom. The zero-order valence-electron chi connectivity index (χ0n) is 15.8. The Kier molecular flexibility index (Phi) is 6.96. The molecule has 3 aromatic carbocycles. The third-order valence-corrected chi connectivity index (χ3v) is 4.45. The van der Waals surface area contributed by atoms with Crippen molar-refractivity contribution in [3.63, 3.8) is 0 Å². The Morgan fingerprint density at radius 1 is 0.750 bits per heavy atom. The molecule has 0 saturated heterocycles. The summed E-state index contributed by atoms with van der Waals surface area (Å²) in [6, 6.07) is 28.5. The summed E-state index contributed by atoms with van der Waals surface area (Å²) >= 11 is 0. The molecule has 0 heterocycles. The molecule has 3 aromatic rings. The van der Waals surface area contributed by atoms with E-state index in [0.29, 0.717) is 31.5 Å². The Labute approximate surface area is 165 Å². The van der Waals surface area contributed by atoms with Crippen LogP contribution in [0.2, 0.25) is 0 Å². The van der Waals surface area contributed by atoms with Crippen molar-refractivity contribution in [3.05, 3.63) is 102 Å². The first-order valence-electron chi connectivity index (χ1n) is 9.46. The number of amides is 2. The topological polar surface area (TPSA) is 49.4 Å². The van der Waals surface area contributed by atoms with Crippen LogP contribution in [-0.2, 0) is 11.2 Å². The Bertz CT molecular complexity index is 880. The van der Waals surface area contributed by atoms with Gasteiger partial charge in [-0.3, -0.25) is 9.59 Å². The fourth-order valence-corrected chi connectivity index (χ4v) is 3.00. The lowest BCUT2D eigenvalue weighted by molar-refractivity contribution is -0.118. The third kappa shape index (κ3) is 5.55. The second-order valence-corrected chi connectivity index (χ2v) is 6.52. The van der Waals surface area contributed by atoms with Crippen LogP contribution in [0.3, 0.4) is 0 Å². The van der Waals surface area contributed by atoms with E-state index >= 15 is 0 Å². The van der Waals surface area contributed by atoms with Crippen LogP contribution in [0.4, 0.5) is 5.69 Å². The maximum atomic E-state index is 12.9. The summed E-state index contributed by atoms with van der Waals surface area (Å²) in [7, 11) is 0. The summed E-state index contributed by atoms with van der Waals surface area (Å²) in [6.45, 7) is 1.06. The maximum absolute atomic E-state index is 12.9. The molecule has 2 amide bonds. The number of benzene rings is 3. The minimum Gasteiger partial charge on any atom is -0.352 e. The van der Waals surface area contributed by atoms with E-state index in [1.165, 1.54) is 0 Å². The summed E-state index contributed by atoms with van der Waals surface area (Å²) in [6.07, 6.45) is 1.03. The van der Waals surface area contributed by atoms with Gasteiger partial charge in [0.05, 0.1) is 6.42 Å². The van der Waals surface area contributed by atoms with E-state index in [9.17, 15) is 9.59 Å². The molecule has 0 unspecified atom stereocenters. The Morgan fingerprint density at radius 2 is 1.32 bits per heavy atom. The lowest BCUT2D eigenvalue weighted by Gasteiger charge is -2.23. The van der Waals surface area contributed by atoms with E-state index in [1.807, 2.05) is 78.9 Å². The van der Waals surface area contributed by atoms with Gasteiger partial charge in [-0.2, -0.15) is 0 Å². The van der Waals surface area contributed by atoms with Crippen LogP contribution in [0.15, 0.2) is 91.0 Å². The highest BCUT2D eigenvalue weighted by Gasteiger charge is 2.16. The first-order valence-corrected chi connectivity index (χ1v) is 9.46. The standard InChI is InChI=1S/C24H24N2O2/c27-23(19-20-11-4-1-5-12-20)26(22-15-8-3-9-16-22)18-10-17-25-24(28)21-13-6-2-7-14-21/h1-9,11-16H,10,17-19H2,(H,25,28).